The average molecular weight is 436 g/mol. The number of aliphatic hydroxyl groups is 1. The van der Waals surface area contributed by atoms with Crippen molar-refractivity contribution in [2.75, 3.05) is 13.2 Å². The summed E-state index contributed by atoms with van der Waals surface area (Å²) in [7, 11) is 0. The number of carbonyl (C=O) groups excluding carboxylic acids is 2. The summed E-state index contributed by atoms with van der Waals surface area (Å²) in [6.45, 7) is 3.09. The Bertz CT molecular complexity index is 655. The summed E-state index contributed by atoms with van der Waals surface area (Å²) >= 11 is 5.89. The molecule has 6 N–H and O–H groups in total. The van der Waals surface area contributed by atoms with Crippen LogP contribution >= 0.6 is 24.0 Å². The van der Waals surface area contributed by atoms with E-state index in [1.54, 1.807) is 24.3 Å². The molecule has 2 amide bonds. The van der Waals surface area contributed by atoms with E-state index in [0.717, 1.165) is 5.56 Å². The van der Waals surface area contributed by atoms with Crippen LogP contribution in [0, 0.1) is 5.92 Å². The van der Waals surface area contributed by atoms with Gasteiger partial charge in [0.05, 0.1) is 12.6 Å². The molecule has 3 atom stereocenters. The molecule has 0 aliphatic rings. The van der Waals surface area contributed by atoms with Crippen LogP contribution in [-0.2, 0) is 14.4 Å². The minimum Gasteiger partial charge on any atom is -0.480 e. The van der Waals surface area contributed by atoms with E-state index in [1.165, 1.54) is 0 Å². The quantitative estimate of drug-likeness (QED) is 0.369. The van der Waals surface area contributed by atoms with Crippen molar-refractivity contribution in [1.82, 2.24) is 10.6 Å². The lowest BCUT2D eigenvalue weighted by molar-refractivity contribution is -0.143. The molecule has 0 radical (unpaired) electrons. The number of aliphatic hydroxyl groups excluding tert-OH is 1. The summed E-state index contributed by atoms with van der Waals surface area (Å²) in [6, 6.07) is 4.74. The molecule has 0 unspecified atom stereocenters. The molecule has 0 saturated carbocycles. The fourth-order valence-corrected chi connectivity index (χ4v) is 2.48. The number of aliphatic carboxylic acids is 1. The van der Waals surface area contributed by atoms with Crippen LogP contribution in [0.5, 0.6) is 0 Å². The van der Waals surface area contributed by atoms with E-state index < -0.39 is 36.5 Å². The summed E-state index contributed by atoms with van der Waals surface area (Å²) in [4.78, 5) is 35.3. The molecule has 0 spiro atoms. The Morgan fingerprint density at radius 2 is 1.75 bits per heavy atom. The van der Waals surface area contributed by atoms with Crippen molar-refractivity contribution in [1.29, 1.82) is 0 Å². The number of hydrogen-bond acceptors (Lipinski definition) is 5. The van der Waals surface area contributed by atoms with Gasteiger partial charge in [0.25, 0.3) is 0 Å². The molecule has 0 aliphatic carbocycles. The van der Waals surface area contributed by atoms with Crippen molar-refractivity contribution in [2.24, 2.45) is 11.7 Å². The van der Waals surface area contributed by atoms with Gasteiger partial charge in [0, 0.05) is 23.9 Å². The van der Waals surface area contributed by atoms with Crippen LogP contribution in [0.3, 0.4) is 0 Å². The summed E-state index contributed by atoms with van der Waals surface area (Å²) in [5.74, 6) is -2.67. The van der Waals surface area contributed by atoms with Crippen molar-refractivity contribution in [3.05, 3.63) is 34.9 Å². The number of rotatable bonds is 10. The minimum atomic E-state index is -1.38. The lowest BCUT2D eigenvalue weighted by Crippen LogP contribution is -2.46. The number of halogens is 2. The van der Waals surface area contributed by atoms with Gasteiger partial charge < -0.3 is 26.6 Å². The molecule has 1 rings (SSSR count). The zero-order valence-electron chi connectivity index (χ0n) is 15.7. The van der Waals surface area contributed by atoms with Gasteiger partial charge in [0.1, 0.15) is 6.04 Å². The van der Waals surface area contributed by atoms with Gasteiger partial charge >= 0.3 is 5.97 Å². The van der Waals surface area contributed by atoms with Crippen molar-refractivity contribution in [3.63, 3.8) is 0 Å². The van der Waals surface area contributed by atoms with Crippen LogP contribution in [0.2, 0.25) is 5.02 Å². The maximum absolute atomic E-state index is 12.2. The monoisotopic (exact) mass is 435 g/mol. The minimum absolute atomic E-state index is 0. The highest BCUT2D eigenvalue weighted by Gasteiger charge is 2.24. The molecule has 1 aromatic carbocycles. The van der Waals surface area contributed by atoms with Gasteiger partial charge in [-0.15, -0.1) is 12.4 Å². The number of nitrogens with two attached hydrogens (primary N) is 1. The maximum atomic E-state index is 12.2. The second kappa shape index (κ2) is 12.6. The maximum Gasteiger partial charge on any atom is 0.328 e. The molecule has 0 aromatic heterocycles. The molecule has 0 saturated heterocycles. The van der Waals surface area contributed by atoms with Gasteiger partial charge in [0.15, 0.2) is 0 Å². The Hall–Kier alpha value is -1.87. The van der Waals surface area contributed by atoms with Crippen molar-refractivity contribution in [3.8, 4) is 0 Å². The molecule has 28 heavy (non-hydrogen) atoms. The highest BCUT2D eigenvalue weighted by Crippen LogP contribution is 2.21. The second-order valence-corrected chi connectivity index (χ2v) is 7.04. The van der Waals surface area contributed by atoms with E-state index in [0.29, 0.717) is 5.02 Å². The van der Waals surface area contributed by atoms with Gasteiger partial charge in [-0.25, -0.2) is 4.79 Å². The van der Waals surface area contributed by atoms with Crippen molar-refractivity contribution >= 4 is 41.8 Å². The van der Waals surface area contributed by atoms with Gasteiger partial charge in [-0.05, 0) is 23.6 Å². The largest absolute Gasteiger partial charge is 0.480 e. The van der Waals surface area contributed by atoms with Crippen LogP contribution < -0.4 is 16.4 Å². The molecule has 158 valence electrons. The Labute approximate surface area is 175 Å². The zero-order valence-corrected chi connectivity index (χ0v) is 17.3. The Morgan fingerprint density at radius 3 is 2.21 bits per heavy atom. The summed E-state index contributed by atoms with van der Waals surface area (Å²) in [6.07, 6.45) is -0.0807. The molecule has 0 heterocycles. The number of hydrogen-bond donors (Lipinski definition) is 5. The summed E-state index contributed by atoms with van der Waals surface area (Å²) < 4.78 is 0. The average Bonchev–Trinajstić information content (AvgIpc) is 2.62. The molecule has 0 fully saturated rings. The van der Waals surface area contributed by atoms with Gasteiger partial charge in [0.2, 0.25) is 11.8 Å². The standard InChI is InChI=1S/C18H26ClN3O5.ClH/c1-10(2)16(20)17(25)21-8-12(11-3-5-13(19)6-4-11)7-15(24)22-14(9-23)18(26)27;/h3-6,10,12,14,16,23H,7-9,20H2,1-2H3,(H,21,25)(H,22,24)(H,26,27);1H/t12-,14-,16-;/m0./s1. The van der Waals surface area contributed by atoms with Gasteiger partial charge in [-0.3, -0.25) is 9.59 Å². The van der Waals surface area contributed by atoms with Crippen LogP contribution in [0.25, 0.3) is 0 Å². The van der Waals surface area contributed by atoms with Gasteiger partial charge in [-0.1, -0.05) is 37.6 Å². The van der Waals surface area contributed by atoms with Gasteiger partial charge in [-0.2, -0.15) is 0 Å². The third-order valence-corrected chi connectivity index (χ3v) is 4.38. The molecule has 0 aliphatic heterocycles. The Morgan fingerprint density at radius 1 is 1.18 bits per heavy atom. The second-order valence-electron chi connectivity index (χ2n) is 6.61. The van der Waals surface area contributed by atoms with E-state index in [1.807, 2.05) is 13.8 Å². The predicted molar refractivity (Wildman–Crippen MR) is 109 cm³/mol. The number of carboxylic acids is 1. The summed E-state index contributed by atoms with van der Waals surface area (Å²) in [5, 5.41) is 23.5. The third-order valence-electron chi connectivity index (χ3n) is 4.13. The number of carboxylic acid groups (broad SMARTS) is 1. The highest BCUT2D eigenvalue weighted by molar-refractivity contribution is 6.30. The highest BCUT2D eigenvalue weighted by atomic mass is 35.5. The van der Waals surface area contributed by atoms with E-state index in [9.17, 15) is 14.4 Å². The molecule has 10 heteroatoms. The zero-order chi connectivity index (χ0) is 20.6. The molecule has 0 bridgehead atoms. The van der Waals surface area contributed by atoms with E-state index >= 15 is 0 Å². The first-order valence-electron chi connectivity index (χ1n) is 8.57. The molecule has 8 nitrogen and oxygen atoms in total. The number of carbonyl (C=O) groups is 3. The Kier molecular flexibility index (Phi) is 11.7. The van der Waals surface area contributed by atoms with E-state index in [-0.39, 0.29) is 37.2 Å². The third kappa shape index (κ3) is 8.43. The van der Waals surface area contributed by atoms with Crippen LogP contribution in [0.1, 0.15) is 31.7 Å². The topological polar surface area (TPSA) is 142 Å². The lowest BCUT2D eigenvalue weighted by atomic mass is 9.94. The lowest BCUT2D eigenvalue weighted by Gasteiger charge is -2.21. The number of nitrogens with one attached hydrogen (secondary N) is 2. The van der Waals surface area contributed by atoms with Crippen LogP contribution in [-0.4, -0.2) is 53.2 Å². The normalized spacial score (nSPS) is 13.8. The van der Waals surface area contributed by atoms with Crippen molar-refractivity contribution in [2.45, 2.75) is 38.3 Å². The smallest absolute Gasteiger partial charge is 0.328 e. The SMILES string of the molecule is CC(C)[C@H](N)C(=O)NC[C@H](CC(=O)N[C@@H](CO)C(=O)O)c1ccc(Cl)cc1.Cl. The molecular formula is C18H27Cl2N3O5. The summed E-state index contributed by atoms with van der Waals surface area (Å²) in [5.41, 5.74) is 6.57. The first kappa shape index (κ1) is 26.1. The van der Waals surface area contributed by atoms with Crippen LogP contribution in [0.15, 0.2) is 24.3 Å². The van der Waals surface area contributed by atoms with Crippen LogP contribution in [0.4, 0.5) is 0 Å². The van der Waals surface area contributed by atoms with E-state index in [4.69, 9.17) is 27.5 Å². The fraction of sp³-hybridized carbons (Fsp3) is 0.500. The Balaban J connectivity index is 0.00000729. The molecule has 1 aromatic rings. The predicted octanol–water partition coefficient (Wildman–Crippen LogP) is 0.897. The first-order valence-corrected chi connectivity index (χ1v) is 8.95. The van der Waals surface area contributed by atoms with E-state index in [2.05, 4.69) is 10.6 Å². The number of benzene rings is 1. The first-order chi connectivity index (χ1) is 12.6. The fourth-order valence-electron chi connectivity index (χ4n) is 2.35. The van der Waals surface area contributed by atoms with Crippen molar-refractivity contribution < 1.29 is 24.6 Å². The number of amides is 2. The molecular weight excluding hydrogens is 409 g/mol.